The molecular weight excluding hydrogens is 242 g/mol. The average molecular weight is 261 g/mol. The molecule has 16 heavy (non-hydrogen) atoms. The number of aliphatic hydroxyl groups is 1. The molecule has 100 valence electrons. The molecule has 0 saturated heterocycles. The van der Waals surface area contributed by atoms with E-state index in [1.165, 1.54) is 0 Å². The number of nitrogens with two attached hydrogens (primary N) is 3. The molecule has 0 aromatic heterocycles. The molecule has 9 nitrogen and oxygen atoms in total. The molecule has 0 aromatic rings. The Morgan fingerprint density at radius 2 is 1.44 bits per heavy atom. The maximum Gasteiger partial charge on any atom is 0.394 e. The third-order valence-electron chi connectivity index (χ3n) is 1.07. The van der Waals surface area contributed by atoms with Gasteiger partial charge in [-0.1, -0.05) is 13.8 Å². The van der Waals surface area contributed by atoms with Crippen LogP contribution in [-0.4, -0.2) is 41.3 Å². The summed E-state index contributed by atoms with van der Waals surface area (Å²) in [7, 11) is -4.67. The second-order valence-electron chi connectivity index (χ2n) is 2.94. The molecule has 1 atom stereocenters. The highest BCUT2D eigenvalue weighted by Gasteiger charge is 2.02. The number of urea groups is 1. The number of carbonyl (C=O) groups is 1. The predicted octanol–water partition coefficient (Wildman–Crippen LogP) is -1.67. The summed E-state index contributed by atoms with van der Waals surface area (Å²) in [5, 5.41) is 8.38. The van der Waals surface area contributed by atoms with Crippen molar-refractivity contribution in [1.29, 1.82) is 0 Å². The van der Waals surface area contributed by atoms with Gasteiger partial charge in [0.15, 0.2) is 0 Å². The van der Waals surface area contributed by atoms with Crippen molar-refractivity contribution in [3.63, 3.8) is 0 Å². The van der Waals surface area contributed by atoms with Gasteiger partial charge in [-0.2, -0.15) is 8.42 Å². The molecule has 0 aliphatic heterocycles. The Kier molecular flexibility index (Phi) is 13.5. The van der Waals surface area contributed by atoms with E-state index < -0.39 is 16.4 Å². The molecule has 0 unspecified atom stereocenters. The van der Waals surface area contributed by atoms with Crippen molar-refractivity contribution in [3.05, 3.63) is 0 Å². The molecule has 9 N–H and O–H groups in total. The van der Waals surface area contributed by atoms with Gasteiger partial charge in [0, 0.05) is 6.04 Å². The number of rotatable bonds is 2. The Balaban J connectivity index is -0.000000166. The molecular formula is C6H19N3O6S. The monoisotopic (exact) mass is 261 g/mol. The van der Waals surface area contributed by atoms with Crippen LogP contribution in [0, 0.1) is 5.92 Å². The number of hydrogen-bond donors (Lipinski definition) is 6. The molecule has 0 saturated carbocycles. The highest BCUT2D eigenvalue weighted by Crippen LogP contribution is 1.94. The number of amides is 2. The van der Waals surface area contributed by atoms with Gasteiger partial charge in [0.05, 0.1) is 6.61 Å². The molecule has 2 amide bonds. The van der Waals surface area contributed by atoms with Crippen LogP contribution in [-0.2, 0) is 10.4 Å². The Morgan fingerprint density at radius 1 is 1.25 bits per heavy atom. The predicted molar refractivity (Wildman–Crippen MR) is 57.8 cm³/mol. The van der Waals surface area contributed by atoms with Gasteiger partial charge in [-0.25, -0.2) is 4.79 Å². The highest BCUT2D eigenvalue weighted by molar-refractivity contribution is 7.79. The normalized spacial score (nSPS) is 11.7. The lowest BCUT2D eigenvalue weighted by molar-refractivity contribution is 0.238. The topological polar surface area (TPSA) is 190 Å². The SMILES string of the molecule is CC(C)[C@H](N)CO.NC(N)=O.O=S(=O)(O)O. The van der Waals surface area contributed by atoms with Crippen molar-refractivity contribution in [2.45, 2.75) is 19.9 Å². The smallest absolute Gasteiger partial charge is 0.394 e. The molecule has 0 aromatic carbocycles. The average Bonchev–Trinajstić information content (AvgIpc) is 1.98. The first-order valence-electron chi connectivity index (χ1n) is 4.03. The van der Waals surface area contributed by atoms with Gasteiger partial charge in [0.1, 0.15) is 0 Å². The van der Waals surface area contributed by atoms with Crippen LogP contribution in [0.4, 0.5) is 4.79 Å². The zero-order valence-electron chi connectivity index (χ0n) is 9.07. The fraction of sp³-hybridized carbons (Fsp3) is 0.833. The van der Waals surface area contributed by atoms with Crippen molar-refractivity contribution >= 4 is 16.4 Å². The Morgan fingerprint density at radius 3 is 1.44 bits per heavy atom. The van der Waals surface area contributed by atoms with Gasteiger partial charge in [0.25, 0.3) is 0 Å². The Labute approximate surface area is 94.2 Å². The molecule has 0 bridgehead atoms. The second kappa shape index (κ2) is 10.6. The first kappa shape index (κ1) is 20.5. The van der Waals surface area contributed by atoms with Crippen molar-refractivity contribution in [2.75, 3.05) is 6.61 Å². The van der Waals surface area contributed by atoms with E-state index in [1.807, 2.05) is 13.8 Å². The van der Waals surface area contributed by atoms with Crippen LogP contribution >= 0.6 is 0 Å². The van der Waals surface area contributed by atoms with Crippen LogP contribution in [0.25, 0.3) is 0 Å². The van der Waals surface area contributed by atoms with Crippen molar-refractivity contribution < 1.29 is 27.4 Å². The van der Waals surface area contributed by atoms with Crippen molar-refractivity contribution in [2.24, 2.45) is 23.1 Å². The van der Waals surface area contributed by atoms with E-state index in [0.29, 0.717) is 5.92 Å². The molecule has 0 fully saturated rings. The lowest BCUT2D eigenvalue weighted by Crippen LogP contribution is -2.29. The van der Waals surface area contributed by atoms with Crippen LogP contribution in [0.3, 0.4) is 0 Å². The standard InChI is InChI=1S/C5H13NO.CH4N2O.H2O4S/c1-4(2)5(6)3-7;2-1(3)4;1-5(2,3)4/h4-5,7H,3,6H2,1-2H3;(H4,2,3,4);(H2,1,2,3,4)/t5-;;/m1../s1. The summed E-state index contributed by atoms with van der Waals surface area (Å²) < 4.78 is 31.6. The minimum Gasteiger partial charge on any atom is -0.395 e. The van der Waals surface area contributed by atoms with E-state index in [4.69, 9.17) is 33.2 Å². The van der Waals surface area contributed by atoms with Crippen molar-refractivity contribution in [1.82, 2.24) is 0 Å². The first-order valence-corrected chi connectivity index (χ1v) is 5.42. The summed E-state index contributed by atoms with van der Waals surface area (Å²) >= 11 is 0. The minimum atomic E-state index is -4.67. The molecule has 0 spiro atoms. The third-order valence-corrected chi connectivity index (χ3v) is 1.07. The summed E-state index contributed by atoms with van der Waals surface area (Å²) in [6.07, 6.45) is 0. The lowest BCUT2D eigenvalue weighted by Gasteiger charge is -2.10. The van der Waals surface area contributed by atoms with Gasteiger partial charge in [-0.15, -0.1) is 0 Å². The molecule has 0 radical (unpaired) electrons. The van der Waals surface area contributed by atoms with Gasteiger partial charge in [-0.05, 0) is 5.92 Å². The van der Waals surface area contributed by atoms with E-state index in [-0.39, 0.29) is 12.6 Å². The van der Waals surface area contributed by atoms with Crippen LogP contribution in [0.15, 0.2) is 0 Å². The largest absolute Gasteiger partial charge is 0.395 e. The molecule has 10 heteroatoms. The van der Waals surface area contributed by atoms with Gasteiger partial charge < -0.3 is 22.3 Å². The van der Waals surface area contributed by atoms with Crippen LogP contribution in [0.2, 0.25) is 0 Å². The minimum absolute atomic E-state index is 0.0417. The maximum absolute atomic E-state index is 9.00. The van der Waals surface area contributed by atoms with E-state index in [9.17, 15) is 0 Å². The fourth-order valence-electron chi connectivity index (χ4n) is 0.211. The summed E-state index contributed by atoms with van der Waals surface area (Å²) in [5.41, 5.74) is 13.9. The number of carbonyl (C=O) groups excluding carboxylic acids is 1. The van der Waals surface area contributed by atoms with Gasteiger partial charge in [0.2, 0.25) is 0 Å². The number of aliphatic hydroxyl groups excluding tert-OH is 1. The summed E-state index contributed by atoms with van der Waals surface area (Å²) in [6.45, 7) is 4.07. The summed E-state index contributed by atoms with van der Waals surface area (Å²) in [6, 6.07) is -0.875. The highest BCUT2D eigenvalue weighted by atomic mass is 32.3. The molecule has 0 heterocycles. The van der Waals surface area contributed by atoms with Gasteiger partial charge in [-0.3, -0.25) is 9.11 Å². The van der Waals surface area contributed by atoms with E-state index >= 15 is 0 Å². The summed E-state index contributed by atoms with van der Waals surface area (Å²) in [4.78, 5) is 9.00. The molecule has 0 aliphatic carbocycles. The Hall–Kier alpha value is -0.940. The zero-order valence-corrected chi connectivity index (χ0v) is 9.88. The third kappa shape index (κ3) is 74.2. The van der Waals surface area contributed by atoms with Crippen molar-refractivity contribution in [3.8, 4) is 0 Å². The first-order chi connectivity index (χ1) is 6.91. The quantitative estimate of drug-likeness (QED) is 0.320. The zero-order chi connectivity index (χ0) is 13.9. The summed E-state index contributed by atoms with van der Waals surface area (Å²) in [5.74, 6) is 0.394. The van der Waals surface area contributed by atoms with Crippen LogP contribution < -0.4 is 17.2 Å². The fourth-order valence-corrected chi connectivity index (χ4v) is 0.211. The van der Waals surface area contributed by atoms with E-state index in [1.54, 1.807) is 0 Å². The van der Waals surface area contributed by atoms with Crippen LogP contribution in [0.5, 0.6) is 0 Å². The van der Waals surface area contributed by atoms with Crippen LogP contribution in [0.1, 0.15) is 13.8 Å². The Bertz CT molecular complexity index is 253. The lowest BCUT2D eigenvalue weighted by atomic mass is 10.1. The maximum atomic E-state index is 9.00. The number of hydrogen-bond acceptors (Lipinski definition) is 5. The van der Waals surface area contributed by atoms with E-state index in [2.05, 4.69) is 11.5 Å². The number of primary amides is 2. The van der Waals surface area contributed by atoms with Gasteiger partial charge >= 0.3 is 16.4 Å². The second-order valence-corrected chi connectivity index (χ2v) is 3.84. The molecule has 0 aliphatic rings. The van der Waals surface area contributed by atoms with E-state index in [0.717, 1.165) is 0 Å². The molecule has 0 rings (SSSR count).